The summed E-state index contributed by atoms with van der Waals surface area (Å²) in [4.78, 5) is 28.9. The molecule has 3 aromatic rings. The maximum atomic E-state index is 13.3. The van der Waals surface area contributed by atoms with E-state index in [2.05, 4.69) is 0 Å². The van der Waals surface area contributed by atoms with Crippen LogP contribution < -0.4 is 9.64 Å². The Balaban J connectivity index is 1.70. The van der Waals surface area contributed by atoms with E-state index in [9.17, 15) is 14.7 Å². The second-order valence-electron chi connectivity index (χ2n) is 8.25. The van der Waals surface area contributed by atoms with Crippen LogP contribution in [0.3, 0.4) is 0 Å². The van der Waals surface area contributed by atoms with Gasteiger partial charge in [0.05, 0.1) is 12.2 Å². The monoisotopic (exact) mass is 445 g/mol. The van der Waals surface area contributed by atoms with E-state index in [1.54, 1.807) is 6.07 Å². The number of carbonyl (C=O) groups excluding carboxylic acids is 2. The molecule has 0 aliphatic carbocycles. The lowest BCUT2D eigenvalue weighted by molar-refractivity contribution is -0.132. The van der Waals surface area contributed by atoms with Crippen molar-refractivity contribution in [1.82, 2.24) is 0 Å². The number of anilines is 1. The zero-order chi connectivity index (χ0) is 22.4. The van der Waals surface area contributed by atoms with Gasteiger partial charge in [0.2, 0.25) is 0 Å². The first-order chi connectivity index (χ1) is 15.5. The highest BCUT2D eigenvalue weighted by Gasteiger charge is 2.48. The molecule has 1 N–H and O–H groups in total. The number of aliphatic hydroxyl groups excluding tert-OH is 1. The van der Waals surface area contributed by atoms with Gasteiger partial charge in [0.1, 0.15) is 17.6 Å². The first-order valence-corrected chi connectivity index (χ1v) is 11.5. The number of aryl methyl sites for hydroxylation is 3. The summed E-state index contributed by atoms with van der Waals surface area (Å²) in [6.45, 7) is 4.58. The number of aliphatic hydroxyl groups is 1. The summed E-state index contributed by atoms with van der Waals surface area (Å²) in [6, 6.07) is 14.2. The normalized spacial score (nSPS) is 19.7. The topological polar surface area (TPSA) is 66.8 Å². The summed E-state index contributed by atoms with van der Waals surface area (Å²) >= 11 is 1.48. The maximum Gasteiger partial charge on any atom is 0.300 e. The van der Waals surface area contributed by atoms with Gasteiger partial charge in [0, 0.05) is 16.1 Å². The number of thiophene rings is 1. The van der Waals surface area contributed by atoms with E-state index in [0.29, 0.717) is 17.9 Å². The SMILES string of the molecule is Cc1cccc(N2C(=O)C(=O)/C(=C(\O)c3ccc4c(c3)CCCO4)C2c2sccc2C)c1. The van der Waals surface area contributed by atoms with Gasteiger partial charge in [-0.25, -0.2) is 0 Å². The van der Waals surface area contributed by atoms with Gasteiger partial charge in [-0.15, -0.1) is 11.3 Å². The molecule has 5 rings (SSSR count). The van der Waals surface area contributed by atoms with E-state index in [1.807, 2.05) is 61.7 Å². The molecule has 1 aromatic heterocycles. The third-order valence-electron chi connectivity index (χ3n) is 6.06. The molecule has 0 saturated carbocycles. The fraction of sp³-hybridized carbons (Fsp3) is 0.231. The number of benzene rings is 2. The van der Waals surface area contributed by atoms with Crippen LogP contribution in [0.15, 0.2) is 59.5 Å². The summed E-state index contributed by atoms with van der Waals surface area (Å²) < 4.78 is 5.68. The summed E-state index contributed by atoms with van der Waals surface area (Å²) in [5.74, 6) is -0.643. The lowest BCUT2D eigenvalue weighted by Gasteiger charge is -2.25. The first kappa shape index (κ1) is 20.5. The van der Waals surface area contributed by atoms with Crippen LogP contribution in [0, 0.1) is 13.8 Å². The van der Waals surface area contributed by atoms with Crippen molar-refractivity contribution in [3.8, 4) is 5.75 Å². The number of hydrogen-bond donors (Lipinski definition) is 1. The molecule has 1 unspecified atom stereocenters. The maximum absolute atomic E-state index is 13.3. The fourth-order valence-corrected chi connectivity index (χ4v) is 5.48. The molecule has 2 aliphatic heterocycles. The van der Waals surface area contributed by atoms with Crippen LogP contribution in [0.1, 0.15) is 39.6 Å². The van der Waals surface area contributed by atoms with Crippen molar-refractivity contribution in [2.24, 2.45) is 0 Å². The predicted octanol–water partition coefficient (Wildman–Crippen LogP) is 5.32. The first-order valence-electron chi connectivity index (χ1n) is 10.6. The zero-order valence-electron chi connectivity index (χ0n) is 17.9. The number of fused-ring (bicyclic) bond motifs is 1. The van der Waals surface area contributed by atoms with Gasteiger partial charge in [0.15, 0.2) is 0 Å². The molecule has 3 heterocycles. The van der Waals surface area contributed by atoms with E-state index in [4.69, 9.17) is 4.74 Å². The van der Waals surface area contributed by atoms with Gasteiger partial charge in [-0.1, -0.05) is 12.1 Å². The van der Waals surface area contributed by atoms with Gasteiger partial charge < -0.3 is 9.84 Å². The van der Waals surface area contributed by atoms with Crippen LogP contribution in [0.4, 0.5) is 5.69 Å². The smallest absolute Gasteiger partial charge is 0.300 e. The number of rotatable bonds is 3. The molecule has 1 fully saturated rings. The van der Waals surface area contributed by atoms with E-state index < -0.39 is 17.7 Å². The van der Waals surface area contributed by atoms with Gasteiger partial charge in [-0.3, -0.25) is 14.5 Å². The minimum absolute atomic E-state index is 0.124. The molecule has 6 heteroatoms. The highest BCUT2D eigenvalue weighted by atomic mass is 32.1. The number of amides is 1. The third kappa shape index (κ3) is 3.31. The molecule has 0 spiro atoms. The summed E-state index contributed by atoms with van der Waals surface area (Å²) in [6.07, 6.45) is 1.75. The predicted molar refractivity (Wildman–Crippen MR) is 125 cm³/mol. The Labute approximate surface area is 190 Å². The molecule has 1 saturated heterocycles. The lowest BCUT2D eigenvalue weighted by atomic mass is 9.96. The van der Waals surface area contributed by atoms with Crippen LogP contribution in [0.25, 0.3) is 5.76 Å². The van der Waals surface area contributed by atoms with Gasteiger partial charge in [0.25, 0.3) is 11.7 Å². The molecule has 0 radical (unpaired) electrons. The Bertz CT molecular complexity index is 1270. The van der Waals surface area contributed by atoms with Crippen molar-refractivity contribution < 1.29 is 19.4 Å². The van der Waals surface area contributed by atoms with Crippen LogP contribution in [0.2, 0.25) is 0 Å². The quantitative estimate of drug-likeness (QED) is 0.337. The van der Waals surface area contributed by atoms with Crippen LogP contribution >= 0.6 is 11.3 Å². The van der Waals surface area contributed by atoms with Crippen LogP contribution in [-0.2, 0) is 16.0 Å². The number of carbonyl (C=O) groups is 2. The van der Waals surface area contributed by atoms with E-state index >= 15 is 0 Å². The van der Waals surface area contributed by atoms with Gasteiger partial charge in [-0.2, -0.15) is 0 Å². The van der Waals surface area contributed by atoms with Gasteiger partial charge >= 0.3 is 0 Å². The van der Waals surface area contributed by atoms with Crippen molar-refractivity contribution in [3.05, 3.63) is 86.6 Å². The number of ether oxygens (including phenoxy) is 1. The lowest BCUT2D eigenvalue weighted by Crippen LogP contribution is -2.29. The fourth-order valence-electron chi connectivity index (χ4n) is 4.45. The molecular weight excluding hydrogens is 422 g/mol. The molecule has 1 atom stereocenters. The number of Topliss-reactive ketones (excluding diaryl/α,β-unsaturated/α-hetero) is 1. The van der Waals surface area contributed by atoms with E-state index in [1.165, 1.54) is 16.2 Å². The zero-order valence-corrected chi connectivity index (χ0v) is 18.7. The molecule has 0 bridgehead atoms. The highest BCUT2D eigenvalue weighted by Crippen LogP contribution is 2.45. The van der Waals surface area contributed by atoms with Crippen LogP contribution in [-0.4, -0.2) is 23.4 Å². The second-order valence-corrected chi connectivity index (χ2v) is 9.20. The molecule has 162 valence electrons. The van der Waals surface area contributed by atoms with Crippen molar-refractivity contribution >= 4 is 34.5 Å². The molecular formula is C26H23NO4S. The second kappa shape index (κ2) is 7.95. The third-order valence-corrected chi connectivity index (χ3v) is 7.13. The highest BCUT2D eigenvalue weighted by molar-refractivity contribution is 7.10. The Morgan fingerprint density at radius 2 is 1.97 bits per heavy atom. The van der Waals surface area contributed by atoms with Gasteiger partial charge in [-0.05, 0) is 85.2 Å². The van der Waals surface area contributed by atoms with Crippen molar-refractivity contribution in [3.63, 3.8) is 0 Å². The number of nitrogens with zero attached hydrogens (tertiary/aromatic N) is 1. The number of hydrogen-bond acceptors (Lipinski definition) is 5. The van der Waals surface area contributed by atoms with E-state index in [-0.39, 0.29) is 11.3 Å². The standard InChI is InChI=1S/C26H23NO4S/c1-15-5-3-7-19(13-15)27-22(25-16(2)10-12-32-25)21(24(29)26(27)30)23(28)18-8-9-20-17(14-18)6-4-11-31-20/h3,5,7-10,12-14,22,28H,4,6,11H2,1-2H3/b23-21-. The van der Waals surface area contributed by atoms with E-state index in [0.717, 1.165) is 40.2 Å². The molecule has 5 nitrogen and oxygen atoms in total. The Hall–Kier alpha value is -3.38. The Kier molecular flexibility index (Phi) is 5.10. The molecule has 32 heavy (non-hydrogen) atoms. The average Bonchev–Trinajstić information content (AvgIpc) is 3.33. The Morgan fingerprint density at radius 1 is 1.12 bits per heavy atom. The molecule has 2 aliphatic rings. The minimum Gasteiger partial charge on any atom is -0.507 e. The minimum atomic E-state index is -0.677. The largest absolute Gasteiger partial charge is 0.507 e. The average molecular weight is 446 g/mol. The van der Waals surface area contributed by atoms with Crippen molar-refractivity contribution in [1.29, 1.82) is 0 Å². The molecule has 2 aromatic carbocycles. The van der Waals surface area contributed by atoms with Crippen molar-refractivity contribution in [2.45, 2.75) is 32.7 Å². The van der Waals surface area contributed by atoms with Crippen molar-refractivity contribution in [2.75, 3.05) is 11.5 Å². The Morgan fingerprint density at radius 3 is 2.72 bits per heavy atom. The summed E-state index contributed by atoms with van der Waals surface area (Å²) in [7, 11) is 0. The number of ketones is 1. The van der Waals surface area contributed by atoms with Crippen LogP contribution in [0.5, 0.6) is 5.75 Å². The summed E-state index contributed by atoms with van der Waals surface area (Å²) in [5.41, 5.74) is 4.25. The molecule has 1 amide bonds. The summed E-state index contributed by atoms with van der Waals surface area (Å²) in [5, 5.41) is 13.3.